The predicted molar refractivity (Wildman–Crippen MR) is 106 cm³/mol. The topological polar surface area (TPSA) is 86.9 Å². The minimum Gasteiger partial charge on any atom is -0.347 e. The number of para-hydroxylation sites is 1. The lowest BCUT2D eigenvalue weighted by Crippen LogP contribution is -2.50. The fourth-order valence-corrected chi connectivity index (χ4v) is 4.31. The third kappa shape index (κ3) is 3.62. The van der Waals surface area contributed by atoms with Gasteiger partial charge in [0.25, 0.3) is 5.91 Å². The zero-order chi connectivity index (χ0) is 19.7. The number of amides is 2. The van der Waals surface area contributed by atoms with Crippen LogP contribution in [0.2, 0.25) is 0 Å². The molecule has 2 aromatic rings. The van der Waals surface area contributed by atoms with Crippen LogP contribution in [-0.2, 0) is 11.8 Å². The number of rotatable bonds is 5. The Morgan fingerprint density at radius 1 is 1.18 bits per heavy atom. The lowest BCUT2D eigenvalue weighted by Gasteiger charge is -2.31. The van der Waals surface area contributed by atoms with Crippen molar-refractivity contribution in [1.82, 2.24) is 15.2 Å². The second-order valence-electron chi connectivity index (χ2n) is 8.07. The number of hydrogen-bond donors (Lipinski definition) is 2. The summed E-state index contributed by atoms with van der Waals surface area (Å²) in [4.78, 5) is 25.8. The molecular weight excluding hydrogens is 352 g/mol. The molecule has 2 aliphatic rings. The SMILES string of the molecule is Cn1c(C(=O)NC2CCCC[C@H]2C(=O)N[C@H](C#N)C2CC2)cc2ccccc21. The molecule has 0 bridgehead atoms. The van der Waals surface area contributed by atoms with Gasteiger partial charge >= 0.3 is 0 Å². The lowest BCUT2D eigenvalue weighted by molar-refractivity contribution is -0.127. The number of aryl methyl sites for hydroxylation is 1. The first-order valence-corrected chi connectivity index (χ1v) is 10.1. The molecule has 1 aromatic carbocycles. The maximum Gasteiger partial charge on any atom is 0.268 e. The van der Waals surface area contributed by atoms with Crippen molar-refractivity contribution in [2.24, 2.45) is 18.9 Å². The fraction of sp³-hybridized carbons (Fsp3) is 0.500. The number of hydrogen-bond acceptors (Lipinski definition) is 3. The lowest BCUT2D eigenvalue weighted by atomic mass is 9.83. The Morgan fingerprint density at radius 2 is 1.93 bits per heavy atom. The van der Waals surface area contributed by atoms with Crippen LogP contribution in [0.4, 0.5) is 0 Å². The number of benzene rings is 1. The molecule has 2 saturated carbocycles. The number of carbonyl (C=O) groups is 2. The zero-order valence-electron chi connectivity index (χ0n) is 16.1. The van der Waals surface area contributed by atoms with Crippen molar-refractivity contribution in [3.8, 4) is 6.07 Å². The predicted octanol–water partition coefficient (Wildman–Crippen LogP) is 2.89. The highest BCUT2D eigenvalue weighted by Gasteiger charge is 2.37. The molecule has 0 aliphatic heterocycles. The molecule has 0 spiro atoms. The maximum absolute atomic E-state index is 13.0. The molecule has 2 aliphatic carbocycles. The molecule has 146 valence electrons. The standard InChI is InChI=1S/C22H26N4O2/c1-26-19-9-5-2-6-15(19)12-20(26)22(28)24-17-8-4-3-7-16(17)21(27)25-18(13-23)14-10-11-14/h2,5-6,9,12,14,16-18H,3-4,7-8,10-11H2,1H3,(H,24,28)(H,25,27)/t16-,17?,18-/m1/s1. The Labute approximate surface area is 164 Å². The molecule has 6 heteroatoms. The van der Waals surface area contributed by atoms with Gasteiger partial charge in [-0.3, -0.25) is 9.59 Å². The molecule has 2 N–H and O–H groups in total. The molecule has 1 aromatic heterocycles. The summed E-state index contributed by atoms with van der Waals surface area (Å²) in [6.45, 7) is 0. The number of fused-ring (bicyclic) bond motifs is 1. The highest BCUT2D eigenvalue weighted by Crippen LogP contribution is 2.33. The van der Waals surface area contributed by atoms with Gasteiger partial charge in [-0.1, -0.05) is 31.0 Å². The smallest absolute Gasteiger partial charge is 0.268 e. The van der Waals surface area contributed by atoms with E-state index in [1.54, 1.807) is 0 Å². The van der Waals surface area contributed by atoms with Crippen LogP contribution in [0.3, 0.4) is 0 Å². The van der Waals surface area contributed by atoms with Crippen molar-refractivity contribution in [1.29, 1.82) is 5.26 Å². The summed E-state index contributed by atoms with van der Waals surface area (Å²) in [5, 5.41) is 16.3. The quantitative estimate of drug-likeness (QED) is 0.839. The van der Waals surface area contributed by atoms with Crippen LogP contribution in [0.5, 0.6) is 0 Å². The Balaban J connectivity index is 1.48. The average molecular weight is 378 g/mol. The van der Waals surface area contributed by atoms with E-state index in [0.717, 1.165) is 49.4 Å². The van der Waals surface area contributed by atoms with Crippen LogP contribution in [-0.4, -0.2) is 28.5 Å². The highest BCUT2D eigenvalue weighted by molar-refractivity contribution is 5.99. The van der Waals surface area contributed by atoms with E-state index in [1.807, 2.05) is 41.9 Å². The third-order valence-electron chi connectivity index (χ3n) is 6.13. The molecule has 4 rings (SSSR count). The first-order valence-electron chi connectivity index (χ1n) is 10.1. The minimum absolute atomic E-state index is 0.0968. The summed E-state index contributed by atoms with van der Waals surface area (Å²) >= 11 is 0. The van der Waals surface area contributed by atoms with Crippen molar-refractivity contribution >= 4 is 22.7 Å². The van der Waals surface area contributed by atoms with Gasteiger partial charge < -0.3 is 15.2 Å². The van der Waals surface area contributed by atoms with Crippen molar-refractivity contribution in [3.05, 3.63) is 36.0 Å². The second-order valence-corrected chi connectivity index (χ2v) is 8.07. The molecule has 1 unspecified atom stereocenters. The van der Waals surface area contributed by atoms with Gasteiger partial charge in [0.1, 0.15) is 11.7 Å². The number of nitrogens with zero attached hydrogens (tertiary/aromatic N) is 2. The number of nitrogens with one attached hydrogen (secondary N) is 2. The third-order valence-corrected chi connectivity index (χ3v) is 6.13. The Hall–Kier alpha value is -2.81. The van der Waals surface area contributed by atoms with Gasteiger partial charge in [-0.2, -0.15) is 5.26 Å². The van der Waals surface area contributed by atoms with E-state index in [0.29, 0.717) is 11.6 Å². The minimum atomic E-state index is -0.399. The van der Waals surface area contributed by atoms with Crippen molar-refractivity contribution in [3.63, 3.8) is 0 Å². The number of aromatic nitrogens is 1. The van der Waals surface area contributed by atoms with Gasteiger partial charge in [0.15, 0.2) is 0 Å². The summed E-state index contributed by atoms with van der Waals surface area (Å²) in [5.74, 6) is -0.230. The van der Waals surface area contributed by atoms with Crippen LogP contribution in [0.15, 0.2) is 30.3 Å². The van der Waals surface area contributed by atoms with Gasteiger partial charge in [0.05, 0.1) is 12.0 Å². The zero-order valence-corrected chi connectivity index (χ0v) is 16.1. The second kappa shape index (κ2) is 7.67. The summed E-state index contributed by atoms with van der Waals surface area (Å²) < 4.78 is 1.89. The Morgan fingerprint density at radius 3 is 2.64 bits per heavy atom. The Bertz CT molecular complexity index is 938. The molecular formula is C22H26N4O2. The van der Waals surface area contributed by atoms with Crippen LogP contribution in [0.1, 0.15) is 49.0 Å². The molecule has 6 nitrogen and oxygen atoms in total. The molecule has 2 fully saturated rings. The summed E-state index contributed by atoms with van der Waals surface area (Å²) in [6.07, 6.45) is 5.51. The molecule has 1 heterocycles. The molecule has 28 heavy (non-hydrogen) atoms. The number of nitriles is 1. The number of carbonyl (C=O) groups excluding carboxylic acids is 2. The van der Waals surface area contributed by atoms with Crippen LogP contribution >= 0.6 is 0 Å². The van der Waals surface area contributed by atoms with E-state index in [9.17, 15) is 14.9 Å². The van der Waals surface area contributed by atoms with E-state index in [4.69, 9.17) is 0 Å². The molecule has 2 amide bonds. The first kappa shape index (κ1) is 18.5. The summed E-state index contributed by atoms with van der Waals surface area (Å²) in [7, 11) is 1.88. The van der Waals surface area contributed by atoms with E-state index in [1.165, 1.54) is 0 Å². The molecule has 0 saturated heterocycles. The van der Waals surface area contributed by atoms with Gasteiger partial charge in [0, 0.05) is 24.0 Å². The monoisotopic (exact) mass is 378 g/mol. The average Bonchev–Trinajstić information content (AvgIpc) is 3.50. The van der Waals surface area contributed by atoms with Gasteiger partial charge in [-0.05, 0) is 43.7 Å². The van der Waals surface area contributed by atoms with E-state index in [2.05, 4.69) is 16.7 Å². The van der Waals surface area contributed by atoms with E-state index in [-0.39, 0.29) is 23.8 Å². The van der Waals surface area contributed by atoms with Crippen molar-refractivity contribution < 1.29 is 9.59 Å². The first-order chi connectivity index (χ1) is 13.6. The highest BCUT2D eigenvalue weighted by atomic mass is 16.2. The largest absolute Gasteiger partial charge is 0.347 e. The van der Waals surface area contributed by atoms with Crippen molar-refractivity contribution in [2.45, 2.75) is 50.6 Å². The van der Waals surface area contributed by atoms with Gasteiger partial charge in [-0.15, -0.1) is 0 Å². The van der Waals surface area contributed by atoms with Crippen LogP contribution in [0, 0.1) is 23.2 Å². The summed E-state index contributed by atoms with van der Waals surface area (Å²) in [5.41, 5.74) is 1.60. The fourth-order valence-electron chi connectivity index (χ4n) is 4.31. The summed E-state index contributed by atoms with van der Waals surface area (Å²) in [6, 6.07) is 11.4. The van der Waals surface area contributed by atoms with Crippen molar-refractivity contribution in [2.75, 3.05) is 0 Å². The van der Waals surface area contributed by atoms with E-state index < -0.39 is 6.04 Å². The molecule has 0 radical (unpaired) electrons. The van der Waals surface area contributed by atoms with Gasteiger partial charge in [-0.25, -0.2) is 0 Å². The maximum atomic E-state index is 13.0. The van der Waals surface area contributed by atoms with Crippen LogP contribution in [0.25, 0.3) is 10.9 Å². The molecule has 3 atom stereocenters. The normalized spacial score (nSPS) is 23.0. The van der Waals surface area contributed by atoms with Gasteiger partial charge in [0.2, 0.25) is 5.91 Å². The van der Waals surface area contributed by atoms with E-state index >= 15 is 0 Å². The Kier molecular flexibility index (Phi) is 5.08. The van der Waals surface area contributed by atoms with Crippen LogP contribution < -0.4 is 10.6 Å².